The first-order valence-electron chi connectivity index (χ1n) is 2.26. The van der Waals surface area contributed by atoms with E-state index in [0.717, 1.165) is 0 Å². The monoisotopic (exact) mass is 173 g/mol. The number of rotatable bonds is 4. The van der Waals surface area contributed by atoms with Gasteiger partial charge in [0.2, 0.25) is 10.0 Å². The smallest absolute Gasteiger partial charge is 0.225 e. The summed E-state index contributed by atoms with van der Waals surface area (Å²) in [6.45, 7) is -0.189. The molecule has 0 aliphatic carbocycles. The van der Waals surface area contributed by atoms with Crippen LogP contribution in [0.4, 0.5) is 0 Å². The molecule has 0 saturated carbocycles. The van der Waals surface area contributed by atoms with Crippen LogP contribution < -0.4 is 4.72 Å². The molecule has 9 heavy (non-hydrogen) atoms. The second kappa shape index (κ2) is 4.05. The number of aliphatic hydroxyl groups is 1. The molecule has 0 aromatic rings. The standard InChI is InChI=1S/C3H8ClNO3S/c4-3-9(7,8)5-1-2-6/h5-6H,1-3H2. The Balaban J connectivity index is 3.61. The van der Waals surface area contributed by atoms with E-state index in [1.165, 1.54) is 0 Å². The average Bonchev–Trinajstić information content (AvgIpc) is 1.84. The summed E-state index contributed by atoms with van der Waals surface area (Å²) < 4.78 is 22.9. The van der Waals surface area contributed by atoms with Gasteiger partial charge in [0.05, 0.1) is 6.61 Å². The molecule has 0 atom stereocenters. The lowest BCUT2D eigenvalue weighted by molar-refractivity contribution is 0.301. The van der Waals surface area contributed by atoms with Crippen LogP contribution in [0.25, 0.3) is 0 Å². The van der Waals surface area contributed by atoms with Gasteiger partial charge in [0.15, 0.2) is 0 Å². The minimum atomic E-state index is -3.33. The Morgan fingerprint density at radius 3 is 2.44 bits per heavy atom. The summed E-state index contributed by atoms with van der Waals surface area (Å²) in [6, 6.07) is 0. The summed E-state index contributed by atoms with van der Waals surface area (Å²) >= 11 is 5.00. The molecule has 0 spiro atoms. The van der Waals surface area contributed by atoms with Crippen LogP contribution in [0.3, 0.4) is 0 Å². The van der Waals surface area contributed by atoms with Crippen molar-refractivity contribution < 1.29 is 13.5 Å². The predicted octanol–water partition coefficient (Wildman–Crippen LogP) is -0.906. The predicted molar refractivity (Wildman–Crippen MR) is 34.7 cm³/mol. The molecule has 0 rings (SSSR count). The zero-order valence-corrected chi connectivity index (χ0v) is 6.24. The molecule has 0 amide bonds. The molecule has 0 aliphatic rings. The van der Waals surface area contributed by atoms with Crippen LogP contribution in [0, 0.1) is 0 Å². The first-order valence-corrected chi connectivity index (χ1v) is 4.45. The van der Waals surface area contributed by atoms with Crippen LogP contribution in [-0.2, 0) is 10.0 Å². The van der Waals surface area contributed by atoms with E-state index >= 15 is 0 Å². The fourth-order valence-electron chi connectivity index (χ4n) is 0.240. The van der Waals surface area contributed by atoms with Crippen LogP contribution in [0.1, 0.15) is 0 Å². The van der Waals surface area contributed by atoms with Gasteiger partial charge in [0, 0.05) is 6.54 Å². The Bertz CT molecular complexity index is 154. The van der Waals surface area contributed by atoms with E-state index in [1.807, 2.05) is 4.72 Å². The molecule has 2 N–H and O–H groups in total. The van der Waals surface area contributed by atoms with Gasteiger partial charge in [-0.1, -0.05) is 0 Å². The highest BCUT2D eigenvalue weighted by atomic mass is 35.5. The number of hydrogen-bond donors (Lipinski definition) is 2. The van der Waals surface area contributed by atoms with Gasteiger partial charge in [-0.05, 0) is 0 Å². The van der Waals surface area contributed by atoms with Crippen LogP contribution >= 0.6 is 11.6 Å². The molecule has 0 aliphatic heterocycles. The van der Waals surface area contributed by atoms with E-state index in [-0.39, 0.29) is 13.2 Å². The van der Waals surface area contributed by atoms with Crippen molar-refractivity contribution in [1.82, 2.24) is 4.72 Å². The fraction of sp³-hybridized carbons (Fsp3) is 1.00. The van der Waals surface area contributed by atoms with E-state index in [1.54, 1.807) is 0 Å². The third-order valence-corrected chi connectivity index (χ3v) is 2.37. The zero-order valence-electron chi connectivity index (χ0n) is 4.67. The molecule has 0 saturated heterocycles. The molecule has 0 aromatic heterocycles. The summed E-state index contributed by atoms with van der Waals surface area (Å²) in [4.78, 5) is 0. The Hall–Kier alpha value is 0.160. The van der Waals surface area contributed by atoms with Crippen molar-refractivity contribution in [3.63, 3.8) is 0 Å². The lowest BCUT2D eigenvalue weighted by Crippen LogP contribution is -2.27. The average molecular weight is 174 g/mol. The maximum atomic E-state index is 10.4. The molecule has 0 radical (unpaired) electrons. The quantitative estimate of drug-likeness (QED) is 0.542. The van der Waals surface area contributed by atoms with Crippen LogP contribution in [0.2, 0.25) is 0 Å². The Morgan fingerprint density at radius 2 is 2.11 bits per heavy atom. The summed E-state index contributed by atoms with van der Waals surface area (Å²) in [5.41, 5.74) is 0. The van der Waals surface area contributed by atoms with E-state index in [9.17, 15) is 8.42 Å². The SMILES string of the molecule is O=S(=O)(CCl)NCCO. The highest BCUT2D eigenvalue weighted by Gasteiger charge is 2.04. The van der Waals surface area contributed by atoms with Crippen LogP contribution in [0.15, 0.2) is 0 Å². The number of alkyl halides is 1. The highest BCUT2D eigenvalue weighted by molar-refractivity contribution is 7.90. The number of aliphatic hydroxyl groups excluding tert-OH is 1. The number of halogens is 1. The summed E-state index contributed by atoms with van der Waals surface area (Å²) in [5.74, 6) is 0. The van der Waals surface area contributed by atoms with Gasteiger partial charge in [-0.15, -0.1) is 11.6 Å². The summed E-state index contributed by atoms with van der Waals surface area (Å²) in [5, 5.41) is 7.69. The molecule has 0 fully saturated rings. The highest BCUT2D eigenvalue weighted by Crippen LogP contribution is 1.85. The molecule has 6 heteroatoms. The van der Waals surface area contributed by atoms with E-state index in [2.05, 4.69) is 0 Å². The van der Waals surface area contributed by atoms with Crippen molar-refractivity contribution in [1.29, 1.82) is 0 Å². The van der Waals surface area contributed by atoms with Crippen molar-refractivity contribution in [2.75, 3.05) is 18.4 Å². The van der Waals surface area contributed by atoms with Gasteiger partial charge in [-0.2, -0.15) is 0 Å². The topological polar surface area (TPSA) is 66.4 Å². The third-order valence-electron chi connectivity index (χ3n) is 0.577. The minimum absolute atomic E-state index is 0.0229. The van der Waals surface area contributed by atoms with Crippen molar-refractivity contribution in [3.05, 3.63) is 0 Å². The van der Waals surface area contributed by atoms with Crippen molar-refractivity contribution >= 4 is 21.6 Å². The van der Waals surface area contributed by atoms with E-state index < -0.39 is 15.2 Å². The Labute approximate surface area is 58.9 Å². The van der Waals surface area contributed by atoms with Gasteiger partial charge in [0.1, 0.15) is 5.21 Å². The maximum Gasteiger partial charge on any atom is 0.225 e. The van der Waals surface area contributed by atoms with Gasteiger partial charge in [-0.3, -0.25) is 0 Å². The van der Waals surface area contributed by atoms with Crippen molar-refractivity contribution in [2.45, 2.75) is 0 Å². The van der Waals surface area contributed by atoms with Gasteiger partial charge >= 0.3 is 0 Å². The molecule has 0 heterocycles. The zero-order chi connectivity index (χ0) is 7.33. The maximum absolute atomic E-state index is 10.4. The molecule has 0 unspecified atom stereocenters. The van der Waals surface area contributed by atoms with E-state index in [4.69, 9.17) is 16.7 Å². The van der Waals surface area contributed by atoms with Gasteiger partial charge < -0.3 is 5.11 Å². The number of nitrogens with one attached hydrogen (secondary N) is 1. The first kappa shape index (κ1) is 9.16. The molecule has 4 nitrogen and oxygen atoms in total. The molecule has 0 bridgehead atoms. The Kier molecular flexibility index (Phi) is 4.12. The minimum Gasteiger partial charge on any atom is -0.395 e. The van der Waals surface area contributed by atoms with Crippen molar-refractivity contribution in [3.8, 4) is 0 Å². The Morgan fingerprint density at radius 1 is 1.56 bits per heavy atom. The molecular weight excluding hydrogens is 166 g/mol. The molecule has 56 valence electrons. The van der Waals surface area contributed by atoms with Crippen LogP contribution in [0.5, 0.6) is 0 Å². The van der Waals surface area contributed by atoms with Gasteiger partial charge in [-0.25, -0.2) is 13.1 Å². The number of sulfonamides is 1. The molecular formula is C3H8ClNO3S. The summed E-state index contributed by atoms with van der Waals surface area (Å²) in [7, 11) is -3.33. The van der Waals surface area contributed by atoms with Gasteiger partial charge in [0.25, 0.3) is 0 Å². The normalized spacial score (nSPS) is 11.8. The third kappa shape index (κ3) is 4.65. The van der Waals surface area contributed by atoms with Crippen LogP contribution in [-0.4, -0.2) is 31.9 Å². The van der Waals surface area contributed by atoms with Crippen molar-refractivity contribution in [2.24, 2.45) is 0 Å². The lowest BCUT2D eigenvalue weighted by Gasteiger charge is -1.98. The second-order valence-electron chi connectivity index (χ2n) is 1.34. The first-order chi connectivity index (χ1) is 4.12. The molecule has 0 aromatic carbocycles. The fourth-order valence-corrected chi connectivity index (χ4v) is 0.951. The largest absolute Gasteiger partial charge is 0.395 e. The lowest BCUT2D eigenvalue weighted by atomic mass is 10.8. The second-order valence-corrected chi connectivity index (χ2v) is 3.73. The van der Waals surface area contributed by atoms with E-state index in [0.29, 0.717) is 0 Å². The number of hydrogen-bond acceptors (Lipinski definition) is 3. The summed E-state index contributed by atoms with van der Waals surface area (Å²) in [6.07, 6.45) is 0.